The molecule has 2 heterocycles. The fourth-order valence-electron chi connectivity index (χ4n) is 3.03. The number of thiophene rings is 1. The molecule has 0 fully saturated rings. The van der Waals surface area contributed by atoms with Gasteiger partial charge in [-0.3, -0.25) is 4.79 Å². The normalized spacial score (nSPS) is 14.3. The predicted octanol–water partition coefficient (Wildman–Crippen LogP) is 2.26. The van der Waals surface area contributed by atoms with Crippen LogP contribution in [-0.2, 0) is 23.0 Å². The summed E-state index contributed by atoms with van der Waals surface area (Å²) < 4.78 is 27.7. The van der Waals surface area contributed by atoms with E-state index in [1.807, 2.05) is 31.3 Å². The SMILES string of the molecule is CNCCCNC(=O)c1sccc1S(=O)(=O)N1CCc2ccccc2C1.Cl. The van der Waals surface area contributed by atoms with Gasteiger partial charge in [0.1, 0.15) is 9.77 Å². The number of benzene rings is 1. The van der Waals surface area contributed by atoms with Crippen molar-refractivity contribution in [2.45, 2.75) is 24.3 Å². The van der Waals surface area contributed by atoms with E-state index in [2.05, 4.69) is 10.6 Å². The van der Waals surface area contributed by atoms with Crippen LogP contribution < -0.4 is 10.6 Å². The van der Waals surface area contributed by atoms with Gasteiger partial charge < -0.3 is 10.6 Å². The second kappa shape index (κ2) is 9.66. The molecular formula is C18H24ClN3O3S2. The van der Waals surface area contributed by atoms with Crippen LogP contribution in [0.2, 0.25) is 0 Å². The summed E-state index contributed by atoms with van der Waals surface area (Å²) in [5.74, 6) is -0.327. The number of hydrogen-bond donors (Lipinski definition) is 2. The van der Waals surface area contributed by atoms with Crippen LogP contribution in [0.15, 0.2) is 40.6 Å². The maximum absolute atomic E-state index is 13.1. The number of halogens is 1. The summed E-state index contributed by atoms with van der Waals surface area (Å²) in [6.07, 6.45) is 1.48. The lowest BCUT2D eigenvalue weighted by molar-refractivity contribution is 0.0954. The highest BCUT2D eigenvalue weighted by Crippen LogP contribution is 2.29. The average molecular weight is 430 g/mol. The first-order chi connectivity index (χ1) is 12.5. The van der Waals surface area contributed by atoms with E-state index in [0.717, 1.165) is 29.9 Å². The van der Waals surface area contributed by atoms with Gasteiger partial charge in [0, 0.05) is 19.6 Å². The molecule has 1 aromatic heterocycles. The van der Waals surface area contributed by atoms with Crippen molar-refractivity contribution < 1.29 is 13.2 Å². The van der Waals surface area contributed by atoms with Crippen LogP contribution in [0.1, 0.15) is 27.2 Å². The minimum absolute atomic E-state index is 0. The van der Waals surface area contributed by atoms with Gasteiger partial charge in [-0.2, -0.15) is 4.31 Å². The lowest BCUT2D eigenvalue weighted by Gasteiger charge is -2.28. The Hall–Kier alpha value is -1.45. The second-order valence-electron chi connectivity index (χ2n) is 6.18. The van der Waals surface area contributed by atoms with E-state index < -0.39 is 10.0 Å². The van der Waals surface area contributed by atoms with E-state index >= 15 is 0 Å². The van der Waals surface area contributed by atoms with Crippen LogP contribution in [0, 0.1) is 0 Å². The minimum atomic E-state index is -3.70. The molecule has 0 spiro atoms. The molecule has 0 unspecified atom stereocenters. The summed E-state index contributed by atoms with van der Waals surface area (Å²) in [4.78, 5) is 12.8. The third-order valence-electron chi connectivity index (χ3n) is 4.44. The maximum atomic E-state index is 13.1. The quantitative estimate of drug-likeness (QED) is 0.662. The number of fused-ring (bicyclic) bond motifs is 1. The van der Waals surface area contributed by atoms with E-state index in [9.17, 15) is 13.2 Å². The van der Waals surface area contributed by atoms with Crippen molar-refractivity contribution in [3.8, 4) is 0 Å². The van der Waals surface area contributed by atoms with Gasteiger partial charge in [-0.15, -0.1) is 23.7 Å². The molecule has 0 saturated carbocycles. The zero-order valence-electron chi connectivity index (χ0n) is 15.1. The molecule has 1 aliphatic heterocycles. The molecule has 0 saturated heterocycles. The number of sulfonamides is 1. The van der Waals surface area contributed by atoms with Crippen LogP contribution in [0.3, 0.4) is 0 Å². The van der Waals surface area contributed by atoms with Gasteiger partial charge in [-0.25, -0.2) is 8.42 Å². The molecule has 6 nitrogen and oxygen atoms in total. The summed E-state index contributed by atoms with van der Waals surface area (Å²) in [6.45, 7) is 2.08. The van der Waals surface area contributed by atoms with Crippen LogP contribution in [-0.4, -0.2) is 45.3 Å². The summed E-state index contributed by atoms with van der Waals surface area (Å²) in [6, 6.07) is 9.42. The molecule has 0 bridgehead atoms. The number of hydrogen-bond acceptors (Lipinski definition) is 5. The van der Waals surface area contributed by atoms with Crippen molar-refractivity contribution in [1.29, 1.82) is 0 Å². The topological polar surface area (TPSA) is 78.5 Å². The van der Waals surface area contributed by atoms with Crippen molar-refractivity contribution in [2.24, 2.45) is 0 Å². The molecule has 1 aliphatic rings. The fraction of sp³-hybridized carbons (Fsp3) is 0.389. The molecule has 148 valence electrons. The van der Waals surface area contributed by atoms with E-state index in [-0.39, 0.29) is 28.1 Å². The average Bonchev–Trinajstić information content (AvgIpc) is 3.15. The van der Waals surface area contributed by atoms with E-state index in [1.165, 1.54) is 15.9 Å². The molecule has 1 amide bonds. The van der Waals surface area contributed by atoms with Crippen molar-refractivity contribution in [2.75, 3.05) is 26.7 Å². The molecule has 27 heavy (non-hydrogen) atoms. The third-order valence-corrected chi connectivity index (χ3v) is 7.37. The maximum Gasteiger partial charge on any atom is 0.262 e. The number of nitrogens with one attached hydrogen (secondary N) is 2. The molecule has 0 aliphatic carbocycles. The smallest absolute Gasteiger partial charge is 0.262 e. The van der Waals surface area contributed by atoms with E-state index in [4.69, 9.17) is 0 Å². The molecule has 0 radical (unpaired) electrons. The molecular weight excluding hydrogens is 406 g/mol. The first-order valence-electron chi connectivity index (χ1n) is 8.61. The summed E-state index contributed by atoms with van der Waals surface area (Å²) in [5, 5.41) is 7.47. The zero-order chi connectivity index (χ0) is 18.6. The second-order valence-corrected chi connectivity index (χ2v) is 9.01. The number of carbonyl (C=O) groups excluding carboxylic acids is 1. The van der Waals surface area contributed by atoms with Crippen molar-refractivity contribution >= 4 is 39.7 Å². The van der Waals surface area contributed by atoms with Crippen molar-refractivity contribution in [3.63, 3.8) is 0 Å². The Morgan fingerprint density at radius 1 is 1.19 bits per heavy atom. The molecule has 9 heteroatoms. The third kappa shape index (κ3) is 4.89. The number of carbonyl (C=O) groups is 1. The van der Waals surface area contributed by atoms with Gasteiger partial charge >= 0.3 is 0 Å². The van der Waals surface area contributed by atoms with Gasteiger partial charge in [0.15, 0.2) is 0 Å². The Kier molecular flexibility index (Phi) is 7.81. The summed E-state index contributed by atoms with van der Waals surface area (Å²) >= 11 is 1.16. The summed E-state index contributed by atoms with van der Waals surface area (Å²) in [5.41, 5.74) is 2.21. The number of nitrogens with zero attached hydrogens (tertiary/aromatic N) is 1. The van der Waals surface area contributed by atoms with E-state index in [0.29, 0.717) is 26.1 Å². The predicted molar refractivity (Wildman–Crippen MR) is 110 cm³/mol. The standard InChI is InChI=1S/C18H23N3O3S2.ClH/c1-19-9-4-10-20-18(22)17-16(8-12-25-17)26(23,24)21-11-7-14-5-2-3-6-15(14)13-21;/h2-3,5-6,8,12,19H,4,7,9-11,13H2,1H3,(H,20,22);1H. The van der Waals surface area contributed by atoms with Gasteiger partial charge in [-0.05, 0) is 49.0 Å². The molecule has 2 aromatic rings. The summed E-state index contributed by atoms with van der Waals surface area (Å²) in [7, 11) is -1.85. The molecule has 2 N–H and O–H groups in total. The Morgan fingerprint density at radius 3 is 2.67 bits per heavy atom. The minimum Gasteiger partial charge on any atom is -0.351 e. The molecule has 0 atom stereocenters. The Labute approximate surface area is 170 Å². The molecule has 1 aromatic carbocycles. The fourth-order valence-corrected chi connectivity index (χ4v) is 5.76. The Morgan fingerprint density at radius 2 is 1.93 bits per heavy atom. The van der Waals surface area contributed by atoms with Crippen LogP contribution >= 0.6 is 23.7 Å². The lowest BCUT2D eigenvalue weighted by atomic mass is 10.0. The van der Waals surface area contributed by atoms with Gasteiger partial charge in [0.05, 0.1) is 0 Å². The highest BCUT2D eigenvalue weighted by Gasteiger charge is 2.32. The number of rotatable bonds is 7. The van der Waals surface area contributed by atoms with Crippen molar-refractivity contribution in [1.82, 2.24) is 14.9 Å². The number of amides is 1. The van der Waals surface area contributed by atoms with Crippen LogP contribution in [0.25, 0.3) is 0 Å². The van der Waals surface area contributed by atoms with E-state index in [1.54, 1.807) is 5.38 Å². The highest BCUT2D eigenvalue weighted by atomic mass is 35.5. The van der Waals surface area contributed by atoms with Gasteiger partial charge in [0.25, 0.3) is 5.91 Å². The van der Waals surface area contributed by atoms with Gasteiger partial charge in [0.2, 0.25) is 10.0 Å². The lowest BCUT2D eigenvalue weighted by Crippen LogP contribution is -2.37. The van der Waals surface area contributed by atoms with Crippen molar-refractivity contribution in [3.05, 3.63) is 51.7 Å². The Bertz CT molecular complexity index is 883. The first kappa shape index (κ1) is 21.8. The highest BCUT2D eigenvalue weighted by molar-refractivity contribution is 7.89. The van der Waals surface area contributed by atoms with Crippen LogP contribution in [0.4, 0.5) is 0 Å². The monoisotopic (exact) mass is 429 g/mol. The largest absolute Gasteiger partial charge is 0.351 e. The van der Waals surface area contributed by atoms with Gasteiger partial charge in [-0.1, -0.05) is 24.3 Å². The first-order valence-corrected chi connectivity index (χ1v) is 10.9. The molecule has 3 rings (SSSR count). The zero-order valence-corrected chi connectivity index (χ0v) is 17.6. The Balaban J connectivity index is 0.00000261. The van der Waals surface area contributed by atoms with Crippen LogP contribution in [0.5, 0.6) is 0 Å².